The number of methoxy groups -OCH3 is 1. The van der Waals surface area contributed by atoms with Crippen LogP contribution in [0.15, 0.2) is 36.9 Å². The summed E-state index contributed by atoms with van der Waals surface area (Å²) >= 11 is 6.01. The number of halogens is 1. The van der Waals surface area contributed by atoms with E-state index in [0.717, 1.165) is 19.4 Å². The maximum atomic E-state index is 12.6. The number of carbonyl (C=O) groups excluding carboxylic acids is 2. The molecular formula is C18H21ClN4O3. The van der Waals surface area contributed by atoms with E-state index in [0.29, 0.717) is 24.7 Å². The highest BCUT2D eigenvalue weighted by molar-refractivity contribution is 6.33. The van der Waals surface area contributed by atoms with E-state index in [9.17, 15) is 9.59 Å². The summed E-state index contributed by atoms with van der Waals surface area (Å²) in [5, 5.41) is 3.12. The number of anilines is 1. The number of urea groups is 1. The predicted octanol–water partition coefficient (Wildman–Crippen LogP) is 3.27. The molecule has 1 aliphatic rings. The summed E-state index contributed by atoms with van der Waals surface area (Å²) in [6, 6.07) is 4.58. The van der Waals surface area contributed by atoms with Crippen LogP contribution < -0.4 is 5.32 Å². The SMILES string of the molecule is COC(=O)c1cc(NC(=O)N2CCC[C@@H](Cn3ccnc3)C2)ccc1Cl. The topological polar surface area (TPSA) is 76.5 Å². The average molecular weight is 377 g/mol. The third kappa shape index (κ3) is 4.35. The number of likely N-dealkylation sites (tertiary alicyclic amines) is 1. The number of imidazole rings is 1. The highest BCUT2D eigenvalue weighted by Gasteiger charge is 2.24. The van der Waals surface area contributed by atoms with E-state index in [1.54, 1.807) is 29.6 Å². The van der Waals surface area contributed by atoms with E-state index >= 15 is 0 Å². The van der Waals surface area contributed by atoms with Crippen LogP contribution in [0.2, 0.25) is 5.02 Å². The van der Waals surface area contributed by atoms with Crippen molar-refractivity contribution in [2.45, 2.75) is 19.4 Å². The van der Waals surface area contributed by atoms with Gasteiger partial charge in [0, 0.05) is 37.7 Å². The Balaban J connectivity index is 1.63. The molecule has 2 amide bonds. The van der Waals surface area contributed by atoms with Crippen molar-refractivity contribution in [3.05, 3.63) is 47.5 Å². The van der Waals surface area contributed by atoms with Gasteiger partial charge in [-0.05, 0) is 37.0 Å². The number of ether oxygens (including phenoxy) is 1. The fourth-order valence-corrected chi connectivity index (χ4v) is 3.36. The number of carbonyl (C=O) groups is 2. The van der Waals surface area contributed by atoms with Gasteiger partial charge in [-0.15, -0.1) is 0 Å². The second-order valence-corrected chi connectivity index (χ2v) is 6.74. The first-order valence-corrected chi connectivity index (χ1v) is 8.84. The molecule has 0 radical (unpaired) electrons. The Hall–Kier alpha value is -2.54. The maximum Gasteiger partial charge on any atom is 0.339 e. The monoisotopic (exact) mass is 376 g/mol. The molecule has 1 fully saturated rings. The Morgan fingerprint density at radius 3 is 3.00 bits per heavy atom. The number of amides is 2. The molecule has 2 heterocycles. The molecule has 1 atom stereocenters. The molecule has 8 heteroatoms. The van der Waals surface area contributed by atoms with Crippen LogP contribution >= 0.6 is 11.6 Å². The van der Waals surface area contributed by atoms with Crippen molar-refractivity contribution in [3.8, 4) is 0 Å². The van der Waals surface area contributed by atoms with Gasteiger partial charge in [0.2, 0.25) is 0 Å². The third-order valence-electron chi connectivity index (χ3n) is 4.46. The molecule has 1 aromatic carbocycles. The van der Waals surface area contributed by atoms with Crippen LogP contribution in [0, 0.1) is 5.92 Å². The summed E-state index contributed by atoms with van der Waals surface area (Å²) < 4.78 is 6.74. The second-order valence-electron chi connectivity index (χ2n) is 6.33. The van der Waals surface area contributed by atoms with Crippen molar-refractivity contribution < 1.29 is 14.3 Å². The largest absolute Gasteiger partial charge is 0.465 e. The summed E-state index contributed by atoms with van der Waals surface area (Å²) in [4.78, 5) is 30.2. The van der Waals surface area contributed by atoms with Crippen molar-refractivity contribution in [2.75, 3.05) is 25.5 Å². The molecule has 0 unspecified atom stereocenters. The predicted molar refractivity (Wildman–Crippen MR) is 98.3 cm³/mol. The smallest absolute Gasteiger partial charge is 0.339 e. The zero-order valence-electron chi connectivity index (χ0n) is 14.5. The van der Waals surface area contributed by atoms with Crippen LogP contribution in [0.3, 0.4) is 0 Å². The normalized spacial score (nSPS) is 17.0. The lowest BCUT2D eigenvalue weighted by molar-refractivity contribution is 0.0601. The number of rotatable bonds is 4. The minimum atomic E-state index is -0.538. The quantitative estimate of drug-likeness (QED) is 0.831. The molecule has 1 aliphatic heterocycles. The first-order chi connectivity index (χ1) is 12.6. The molecule has 0 bridgehead atoms. The lowest BCUT2D eigenvalue weighted by atomic mass is 9.98. The first kappa shape index (κ1) is 18.3. The van der Waals surface area contributed by atoms with Gasteiger partial charge in [0.1, 0.15) is 0 Å². The minimum Gasteiger partial charge on any atom is -0.465 e. The van der Waals surface area contributed by atoms with Crippen molar-refractivity contribution in [2.24, 2.45) is 5.92 Å². The van der Waals surface area contributed by atoms with Crippen LogP contribution in [0.4, 0.5) is 10.5 Å². The van der Waals surface area contributed by atoms with Gasteiger partial charge in [-0.25, -0.2) is 14.6 Å². The van der Waals surface area contributed by atoms with Crippen molar-refractivity contribution in [1.82, 2.24) is 14.5 Å². The van der Waals surface area contributed by atoms with Crippen molar-refractivity contribution in [3.63, 3.8) is 0 Å². The molecule has 1 aromatic heterocycles. The molecule has 26 heavy (non-hydrogen) atoms. The minimum absolute atomic E-state index is 0.182. The molecule has 2 aromatic rings. The van der Waals surface area contributed by atoms with Crippen LogP contribution in [0.5, 0.6) is 0 Å². The number of benzene rings is 1. The van der Waals surface area contributed by atoms with Gasteiger partial charge in [-0.2, -0.15) is 0 Å². The van der Waals surface area contributed by atoms with E-state index in [2.05, 4.69) is 10.3 Å². The molecule has 3 rings (SSSR count). The summed E-state index contributed by atoms with van der Waals surface area (Å²) in [5.41, 5.74) is 0.736. The number of esters is 1. The summed E-state index contributed by atoms with van der Waals surface area (Å²) in [5.74, 6) is -0.149. The molecule has 1 N–H and O–H groups in total. The summed E-state index contributed by atoms with van der Waals surface area (Å²) in [6.07, 6.45) is 7.52. The van der Waals surface area contributed by atoms with Crippen LogP contribution in [0.25, 0.3) is 0 Å². The maximum absolute atomic E-state index is 12.6. The van der Waals surface area contributed by atoms with E-state index in [1.807, 2.05) is 10.8 Å². The van der Waals surface area contributed by atoms with E-state index in [4.69, 9.17) is 16.3 Å². The number of piperidine rings is 1. The average Bonchev–Trinajstić information content (AvgIpc) is 3.16. The van der Waals surface area contributed by atoms with Gasteiger partial charge in [-0.3, -0.25) is 0 Å². The Bertz CT molecular complexity index is 779. The van der Waals surface area contributed by atoms with Gasteiger partial charge < -0.3 is 19.5 Å². The lowest BCUT2D eigenvalue weighted by Crippen LogP contribution is -2.43. The number of hydrogen-bond acceptors (Lipinski definition) is 4. The Labute approximate surface area is 156 Å². The number of hydrogen-bond donors (Lipinski definition) is 1. The van der Waals surface area contributed by atoms with Gasteiger partial charge >= 0.3 is 12.0 Å². The van der Waals surface area contributed by atoms with Gasteiger partial charge in [0.25, 0.3) is 0 Å². The van der Waals surface area contributed by atoms with Gasteiger partial charge in [0.15, 0.2) is 0 Å². The highest BCUT2D eigenvalue weighted by Crippen LogP contribution is 2.23. The van der Waals surface area contributed by atoms with Crippen molar-refractivity contribution >= 4 is 29.3 Å². The molecule has 0 saturated carbocycles. The van der Waals surface area contributed by atoms with Crippen LogP contribution in [0.1, 0.15) is 23.2 Å². The fourth-order valence-electron chi connectivity index (χ4n) is 3.16. The Morgan fingerprint density at radius 2 is 2.27 bits per heavy atom. The third-order valence-corrected chi connectivity index (χ3v) is 4.79. The molecule has 0 spiro atoms. The summed E-state index contributed by atoms with van der Waals surface area (Å²) in [7, 11) is 1.29. The van der Waals surface area contributed by atoms with Crippen molar-refractivity contribution in [1.29, 1.82) is 0 Å². The van der Waals surface area contributed by atoms with E-state index in [1.165, 1.54) is 13.2 Å². The number of aromatic nitrogens is 2. The fraction of sp³-hybridized carbons (Fsp3) is 0.389. The zero-order chi connectivity index (χ0) is 18.5. The highest BCUT2D eigenvalue weighted by atomic mass is 35.5. The first-order valence-electron chi connectivity index (χ1n) is 8.46. The Morgan fingerprint density at radius 1 is 1.42 bits per heavy atom. The molecule has 1 saturated heterocycles. The molecule has 138 valence electrons. The number of nitrogens with zero attached hydrogens (tertiary/aromatic N) is 3. The van der Waals surface area contributed by atoms with E-state index in [-0.39, 0.29) is 16.6 Å². The van der Waals surface area contributed by atoms with Gasteiger partial charge in [0.05, 0.1) is 24.0 Å². The molecule has 7 nitrogen and oxygen atoms in total. The van der Waals surface area contributed by atoms with E-state index < -0.39 is 5.97 Å². The number of nitrogens with one attached hydrogen (secondary N) is 1. The van der Waals surface area contributed by atoms with Crippen LogP contribution in [-0.4, -0.2) is 46.7 Å². The zero-order valence-corrected chi connectivity index (χ0v) is 15.3. The summed E-state index contributed by atoms with van der Waals surface area (Å²) in [6.45, 7) is 2.24. The van der Waals surface area contributed by atoms with Crippen LogP contribution in [-0.2, 0) is 11.3 Å². The Kier molecular flexibility index (Phi) is 5.78. The van der Waals surface area contributed by atoms with Gasteiger partial charge in [-0.1, -0.05) is 11.6 Å². The molecule has 0 aliphatic carbocycles. The standard InChI is InChI=1S/C18H21ClN4O3/c1-26-17(24)15-9-14(4-5-16(15)19)21-18(25)23-7-2-3-13(11-23)10-22-8-6-20-12-22/h4-6,8-9,12-13H,2-3,7,10-11H2,1H3,(H,21,25)/t13-/m0/s1. The molecular weight excluding hydrogens is 356 g/mol. The lowest BCUT2D eigenvalue weighted by Gasteiger charge is -2.33. The second kappa shape index (κ2) is 8.23.